The lowest BCUT2D eigenvalue weighted by molar-refractivity contribution is 0.182. The third-order valence-electron chi connectivity index (χ3n) is 3.10. The Labute approximate surface area is 116 Å². The lowest BCUT2D eigenvalue weighted by Gasteiger charge is -2.26. The van der Waals surface area contributed by atoms with Gasteiger partial charge in [-0.3, -0.25) is 0 Å². The molecule has 0 fully saturated rings. The molecular formula is C14H16N2O2S. The van der Waals surface area contributed by atoms with Gasteiger partial charge in [0.05, 0.1) is 24.9 Å². The van der Waals surface area contributed by atoms with Crippen LogP contribution in [0, 0.1) is 0 Å². The summed E-state index contributed by atoms with van der Waals surface area (Å²) in [5.41, 5.74) is 2.17. The average molecular weight is 276 g/mol. The van der Waals surface area contributed by atoms with Crippen molar-refractivity contribution in [2.45, 2.75) is 19.1 Å². The number of hydrogen-bond acceptors (Lipinski definition) is 5. The minimum atomic E-state index is 0.270. The molecule has 3 rings (SSSR count). The van der Waals surface area contributed by atoms with Crippen LogP contribution in [0.4, 0.5) is 5.13 Å². The van der Waals surface area contributed by atoms with E-state index in [1.54, 1.807) is 18.4 Å². The van der Waals surface area contributed by atoms with E-state index in [1.807, 2.05) is 23.6 Å². The Morgan fingerprint density at radius 1 is 1.47 bits per heavy atom. The first-order chi connectivity index (χ1) is 9.36. The molecule has 1 aliphatic rings. The highest BCUT2D eigenvalue weighted by molar-refractivity contribution is 7.13. The smallest absolute Gasteiger partial charge is 0.183 e. The average Bonchev–Trinajstić information content (AvgIpc) is 2.87. The van der Waals surface area contributed by atoms with E-state index in [1.165, 1.54) is 5.56 Å². The Morgan fingerprint density at radius 2 is 2.37 bits per heavy atom. The monoisotopic (exact) mass is 276 g/mol. The van der Waals surface area contributed by atoms with Gasteiger partial charge in [-0.05, 0) is 6.07 Å². The molecule has 0 unspecified atom stereocenters. The van der Waals surface area contributed by atoms with E-state index in [4.69, 9.17) is 9.47 Å². The molecular weight excluding hydrogens is 260 g/mol. The van der Waals surface area contributed by atoms with Crippen molar-refractivity contribution in [3.8, 4) is 5.75 Å². The van der Waals surface area contributed by atoms with Crippen LogP contribution in [-0.4, -0.2) is 18.7 Å². The lowest BCUT2D eigenvalue weighted by Crippen LogP contribution is -2.20. The number of methoxy groups -OCH3 is 1. The van der Waals surface area contributed by atoms with E-state index >= 15 is 0 Å². The molecule has 2 aromatic rings. The molecule has 5 heteroatoms. The number of rotatable bonds is 4. The first-order valence-corrected chi connectivity index (χ1v) is 7.16. The molecule has 1 aliphatic heterocycles. The van der Waals surface area contributed by atoms with Crippen molar-refractivity contribution < 1.29 is 9.47 Å². The number of para-hydroxylation sites is 1. The zero-order valence-corrected chi connectivity index (χ0v) is 11.6. The van der Waals surface area contributed by atoms with Crippen LogP contribution in [-0.2, 0) is 11.3 Å². The molecule has 0 saturated carbocycles. The fourth-order valence-electron chi connectivity index (χ4n) is 2.23. The number of nitrogens with one attached hydrogen (secondary N) is 1. The number of ether oxygens (including phenoxy) is 2. The number of thiazole rings is 1. The van der Waals surface area contributed by atoms with Crippen LogP contribution in [0.25, 0.3) is 0 Å². The van der Waals surface area contributed by atoms with Crippen LogP contribution in [0.15, 0.2) is 29.6 Å². The summed E-state index contributed by atoms with van der Waals surface area (Å²) in [7, 11) is 1.68. The van der Waals surface area contributed by atoms with E-state index in [9.17, 15) is 0 Å². The van der Waals surface area contributed by atoms with Crippen LogP contribution < -0.4 is 10.1 Å². The van der Waals surface area contributed by atoms with Crippen molar-refractivity contribution in [1.29, 1.82) is 0 Å². The first kappa shape index (κ1) is 12.4. The molecule has 0 bridgehead atoms. The number of benzene rings is 1. The van der Waals surface area contributed by atoms with Crippen molar-refractivity contribution in [2.24, 2.45) is 0 Å². The van der Waals surface area contributed by atoms with Crippen LogP contribution in [0.3, 0.4) is 0 Å². The second-order valence-electron chi connectivity index (χ2n) is 4.45. The third kappa shape index (κ3) is 2.72. The topological polar surface area (TPSA) is 43.4 Å². The maximum absolute atomic E-state index is 5.66. The van der Waals surface area contributed by atoms with Crippen molar-refractivity contribution in [3.05, 3.63) is 40.9 Å². The second kappa shape index (κ2) is 5.59. The first-order valence-electron chi connectivity index (χ1n) is 6.28. The Kier molecular flexibility index (Phi) is 3.66. The van der Waals surface area contributed by atoms with E-state index < -0.39 is 0 Å². The van der Waals surface area contributed by atoms with Crippen LogP contribution in [0.2, 0.25) is 0 Å². The Balaban J connectivity index is 1.76. The van der Waals surface area contributed by atoms with E-state index in [0.29, 0.717) is 6.61 Å². The maximum atomic E-state index is 5.66. The summed E-state index contributed by atoms with van der Waals surface area (Å²) in [4.78, 5) is 4.51. The van der Waals surface area contributed by atoms with Gasteiger partial charge in [0, 0.05) is 24.5 Å². The van der Waals surface area contributed by atoms with Crippen molar-refractivity contribution in [3.63, 3.8) is 0 Å². The molecule has 0 spiro atoms. The van der Waals surface area contributed by atoms with E-state index in [2.05, 4.69) is 16.4 Å². The highest BCUT2D eigenvalue weighted by Gasteiger charge is 2.21. The van der Waals surface area contributed by atoms with Gasteiger partial charge in [-0.1, -0.05) is 18.2 Å². The van der Waals surface area contributed by atoms with Gasteiger partial charge in [-0.25, -0.2) is 4.98 Å². The normalized spacial score (nSPS) is 17.6. The predicted octanol–water partition coefficient (Wildman–Crippen LogP) is 3.23. The standard InChI is InChI=1S/C14H16N2O2S/c1-17-8-10-9-19-14(15-10)16-12-6-7-18-13-5-3-2-4-11(12)13/h2-5,9,12H,6-8H2,1H3,(H,15,16)/t12-/m1/s1. The Morgan fingerprint density at radius 3 is 3.26 bits per heavy atom. The van der Waals surface area contributed by atoms with E-state index in [-0.39, 0.29) is 6.04 Å². The van der Waals surface area contributed by atoms with E-state index in [0.717, 1.165) is 29.6 Å². The quantitative estimate of drug-likeness (QED) is 0.931. The predicted molar refractivity (Wildman–Crippen MR) is 75.7 cm³/mol. The Bertz CT molecular complexity index is 556. The number of aromatic nitrogens is 1. The van der Waals surface area contributed by atoms with Crippen molar-refractivity contribution >= 4 is 16.5 Å². The molecule has 1 N–H and O–H groups in total. The molecule has 0 aliphatic carbocycles. The molecule has 0 saturated heterocycles. The molecule has 4 nitrogen and oxygen atoms in total. The zero-order valence-electron chi connectivity index (χ0n) is 10.8. The van der Waals surface area contributed by atoms with Crippen LogP contribution in [0.5, 0.6) is 5.75 Å². The summed E-state index contributed by atoms with van der Waals surface area (Å²) in [6.07, 6.45) is 0.955. The van der Waals surface area contributed by atoms with Gasteiger partial charge in [0.2, 0.25) is 0 Å². The minimum absolute atomic E-state index is 0.270. The largest absolute Gasteiger partial charge is 0.493 e. The summed E-state index contributed by atoms with van der Waals surface area (Å²) in [5, 5.41) is 6.45. The summed E-state index contributed by atoms with van der Waals surface area (Å²) in [6, 6.07) is 8.44. The molecule has 2 heterocycles. The van der Waals surface area contributed by atoms with Crippen LogP contribution in [0.1, 0.15) is 23.7 Å². The lowest BCUT2D eigenvalue weighted by atomic mass is 10.0. The Hall–Kier alpha value is -1.59. The zero-order chi connectivity index (χ0) is 13.1. The molecule has 100 valence electrons. The number of anilines is 1. The van der Waals surface area contributed by atoms with Gasteiger partial charge in [0.1, 0.15) is 5.75 Å². The van der Waals surface area contributed by atoms with Gasteiger partial charge < -0.3 is 14.8 Å². The van der Waals surface area contributed by atoms with Crippen molar-refractivity contribution in [1.82, 2.24) is 4.98 Å². The van der Waals surface area contributed by atoms with Gasteiger partial charge in [0.25, 0.3) is 0 Å². The fraction of sp³-hybridized carbons (Fsp3) is 0.357. The molecule has 19 heavy (non-hydrogen) atoms. The highest BCUT2D eigenvalue weighted by Crippen LogP contribution is 2.34. The molecule has 1 atom stereocenters. The molecule has 1 aromatic heterocycles. The van der Waals surface area contributed by atoms with Gasteiger partial charge in [-0.2, -0.15) is 0 Å². The van der Waals surface area contributed by atoms with Gasteiger partial charge in [-0.15, -0.1) is 11.3 Å². The number of fused-ring (bicyclic) bond motifs is 1. The summed E-state index contributed by atoms with van der Waals surface area (Å²) >= 11 is 1.61. The van der Waals surface area contributed by atoms with Crippen LogP contribution >= 0.6 is 11.3 Å². The minimum Gasteiger partial charge on any atom is -0.493 e. The van der Waals surface area contributed by atoms with Gasteiger partial charge in [0.15, 0.2) is 5.13 Å². The molecule has 0 radical (unpaired) electrons. The molecule has 0 amide bonds. The number of hydrogen-bond donors (Lipinski definition) is 1. The summed E-state index contributed by atoms with van der Waals surface area (Å²) in [6.45, 7) is 1.30. The highest BCUT2D eigenvalue weighted by atomic mass is 32.1. The number of nitrogens with zero attached hydrogens (tertiary/aromatic N) is 1. The van der Waals surface area contributed by atoms with Crippen molar-refractivity contribution in [2.75, 3.05) is 19.0 Å². The summed E-state index contributed by atoms with van der Waals surface area (Å²) < 4.78 is 10.7. The second-order valence-corrected chi connectivity index (χ2v) is 5.31. The summed E-state index contributed by atoms with van der Waals surface area (Å²) in [5.74, 6) is 0.972. The fourth-order valence-corrected chi connectivity index (χ4v) is 2.98. The van der Waals surface area contributed by atoms with Gasteiger partial charge >= 0.3 is 0 Å². The molecule has 1 aromatic carbocycles. The SMILES string of the molecule is COCc1csc(N[C@@H]2CCOc3ccccc32)n1. The maximum Gasteiger partial charge on any atom is 0.183 e. The third-order valence-corrected chi connectivity index (χ3v) is 3.92.